The van der Waals surface area contributed by atoms with E-state index in [0.29, 0.717) is 13.0 Å². The Balaban J connectivity index is 1.88. The van der Waals surface area contributed by atoms with Crippen LogP contribution in [0.2, 0.25) is 0 Å². The summed E-state index contributed by atoms with van der Waals surface area (Å²) in [6.07, 6.45) is 8.51. The fraction of sp³-hybridized carbons (Fsp3) is 0.733. The van der Waals surface area contributed by atoms with Crippen molar-refractivity contribution in [3.63, 3.8) is 0 Å². The number of aliphatic hydroxyl groups excluding tert-OH is 1. The molecular weight excluding hydrogens is 284 g/mol. The smallest absolute Gasteiger partial charge is 0.315 e. The SMILES string of the molecule is COCC[C@H](CO)NC(=O)N[C@@H]1CCCC[C@@H]1n1cccn1. The van der Waals surface area contributed by atoms with Crippen LogP contribution in [0.15, 0.2) is 18.5 Å². The second-order valence-electron chi connectivity index (χ2n) is 5.72. The van der Waals surface area contributed by atoms with Crippen molar-refractivity contribution >= 4 is 6.03 Å². The number of urea groups is 1. The van der Waals surface area contributed by atoms with Crippen LogP contribution in [0.25, 0.3) is 0 Å². The highest BCUT2D eigenvalue weighted by atomic mass is 16.5. The van der Waals surface area contributed by atoms with E-state index in [4.69, 9.17) is 4.74 Å². The molecule has 3 atom stereocenters. The maximum absolute atomic E-state index is 12.2. The molecular formula is C15H26N4O3. The van der Waals surface area contributed by atoms with Crippen LogP contribution in [0.5, 0.6) is 0 Å². The second kappa shape index (κ2) is 8.75. The summed E-state index contributed by atoms with van der Waals surface area (Å²) in [4.78, 5) is 12.2. The zero-order valence-corrected chi connectivity index (χ0v) is 13.1. The Hall–Kier alpha value is -1.60. The Labute approximate surface area is 131 Å². The minimum Gasteiger partial charge on any atom is -0.394 e. The number of nitrogens with zero attached hydrogens (tertiary/aromatic N) is 2. The van der Waals surface area contributed by atoms with Crippen LogP contribution in [0.1, 0.15) is 38.1 Å². The largest absolute Gasteiger partial charge is 0.394 e. The molecule has 3 N–H and O–H groups in total. The maximum atomic E-state index is 12.2. The van der Waals surface area contributed by atoms with Gasteiger partial charge in [-0.15, -0.1) is 0 Å². The lowest BCUT2D eigenvalue weighted by molar-refractivity contribution is 0.157. The molecule has 1 fully saturated rings. The zero-order valence-electron chi connectivity index (χ0n) is 13.1. The van der Waals surface area contributed by atoms with Crippen molar-refractivity contribution in [2.24, 2.45) is 0 Å². The van der Waals surface area contributed by atoms with Crippen LogP contribution in [0.3, 0.4) is 0 Å². The number of rotatable bonds is 7. The van der Waals surface area contributed by atoms with Gasteiger partial charge < -0.3 is 20.5 Å². The Kier molecular flexibility index (Phi) is 6.67. The summed E-state index contributed by atoms with van der Waals surface area (Å²) >= 11 is 0. The summed E-state index contributed by atoms with van der Waals surface area (Å²) in [7, 11) is 1.60. The molecule has 0 aromatic carbocycles. The summed E-state index contributed by atoms with van der Waals surface area (Å²) in [5, 5.41) is 19.4. The molecule has 22 heavy (non-hydrogen) atoms. The summed E-state index contributed by atoms with van der Waals surface area (Å²) in [5.74, 6) is 0. The molecule has 7 nitrogen and oxygen atoms in total. The molecule has 0 spiro atoms. The first kappa shape index (κ1) is 16.8. The maximum Gasteiger partial charge on any atom is 0.315 e. The highest BCUT2D eigenvalue weighted by Crippen LogP contribution is 2.27. The van der Waals surface area contributed by atoms with Crippen molar-refractivity contribution in [2.45, 2.75) is 50.2 Å². The number of hydrogen-bond donors (Lipinski definition) is 3. The number of carbonyl (C=O) groups excluding carboxylic acids is 1. The average molecular weight is 310 g/mol. The van der Waals surface area contributed by atoms with E-state index in [1.807, 2.05) is 16.9 Å². The van der Waals surface area contributed by atoms with Crippen molar-refractivity contribution in [1.29, 1.82) is 0 Å². The molecule has 1 aliphatic rings. The number of aromatic nitrogens is 2. The molecule has 1 heterocycles. The number of hydrogen-bond acceptors (Lipinski definition) is 4. The van der Waals surface area contributed by atoms with E-state index in [9.17, 15) is 9.90 Å². The molecule has 2 amide bonds. The average Bonchev–Trinajstić information content (AvgIpc) is 3.06. The number of carbonyl (C=O) groups is 1. The molecule has 1 aliphatic carbocycles. The topological polar surface area (TPSA) is 88.4 Å². The highest BCUT2D eigenvalue weighted by molar-refractivity contribution is 5.74. The molecule has 2 rings (SSSR count). The fourth-order valence-corrected chi connectivity index (χ4v) is 2.94. The van der Waals surface area contributed by atoms with Gasteiger partial charge >= 0.3 is 6.03 Å². The van der Waals surface area contributed by atoms with E-state index < -0.39 is 0 Å². The molecule has 0 bridgehead atoms. The molecule has 124 valence electrons. The summed E-state index contributed by atoms with van der Waals surface area (Å²) in [6, 6.07) is 1.64. The van der Waals surface area contributed by atoms with Crippen molar-refractivity contribution in [3.8, 4) is 0 Å². The van der Waals surface area contributed by atoms with Gasteiger partial charge in [0.2, 0.25) is 0 Å². The number of methoxy groups -OCH3 is 1. The quantitative estimate of drug-likeness (QED) is 0.703. The van der Waals surface area contributed by atoms with Gasteiger partial charge in [-0.3, -0.25) is 4.68 Å². The number of nitrogens with one attached hydrogen (secondary N) is 2. The Bertz CT molecular complexity index is 438. The molecule has 1 saturated carbocycles. The van der Waals surface area contributed by atoms with Gasteiger partial charge in [-0.1, -0.05) is 12.8 Å². The third-order valence-electron chi connectivity index (χ3n) is 4.14. The molecule has 0 saturated heterocycles. The van der Waals surface area contributed by atoms with Crippen LogP contribution < -0.4 is 10.6 Å². The van der Waals surface area contributed by atoms with Crippen LogP contribution in [0, 0.1) is 0 Å². The van der Waals surface area contributed by atoms with Crippen molar-refractivity contribution in [1.82, 2.24) is 20.4 Å². The van der Waals surface area contributed by atoms with Gasteiger partial charge in [0.1, 0.15) is 0 Å². The van der Waals surface area contributed by atoms with Crippen molar-refractivity contribution in [2.75, 3.05) is 20.3 Å². The molecule has 1 aromatic rings. The Morgan fingerprint density at radius 3 is 3.00 bits per heavy atom. The van der Waals surface area contributed by atoms with Crippen LogP contribution in [-0.4, -0.2) is 53.3 Å². The molecule has 0 aliphatic heterocycles. The van der Waals surface area contributed by atoms with Crippen LogP contribution >= 0.6 is 0 Å². The first-order valence-corrected chi connectivity index (χ1v) is 7.90. The van der Waals surface area contributed by atoms with Crippen LogP contribution in [-0.2, 0) is 4.74 Å². The molecule has 0 unspecified atom stereocenters. The summed E-state index contributed by atoms with van der Waals surface area (Å²) in [5.41, 5.74) is 0. The zero-order chi connectivity index (χ0) is 15.8. The Morgan fingerprint density at radius 2 is 2.32 bits per heavy atom. The Morgan fingerprint density at radius 1 is 1.50 bits per heavy atom. The molecule has 7 heteroatoms. The summed E-state index contributed by atoms with van der Waals surface area (Å²) < 4.78 is 6.91. The minimum atomic E-state index is -0.285. The van der Waals surface area contributed by atoms with Crippen LogP contribution in [0.4, 0.5) is 4.79 Å². The number of ether oxygens (including phenoxy) is 1. The van der Waals surface area contributed by atoms with Crippen molar-refractivity contribution < 1.29 is 14.6 Å². The highest BCUT2D eigenvalue weighted by Gasteiger charge is 2.28. The molecule has 1 aromatic heterocycles. The van der Waals surface area contributed by atoms with E-state index in [1.54, 1.807) is 13.3 Å². The second-order valence-corrected chi connectivity index (χ2v) is 5.72. The first-order valence-electron chi connectivity index (χ1n) is 7.90. The standard InChI is InChI=1S/C15H26N4O3/c1-22-10-7-12(11-20)17-15(21)18-13-5-2-3-6-14(13)19-9-4-8-16-19/h4,8-9,12-14,20H,2-3,5-7,10-11H2,1H3,(H2,17,18,21)/t12-,13-,14+/m1/s1. The first-order chi connectivity index (χ1) is 10.7. The third kappa shape index (κ3) is 4.71. The van der Waals surface area contributed by atoms with Gasteiger partial charge in [0.05, 0.1) is 24.7 Å². The van der Waals surface area contributed by atoms with Gasteiger partial charge in [0.25, 0.3) is 0 Å². The predicted octanol–water partition coefficient (Wildman–Crippen LogP) is 1.06. The van der Waals surface area contributed by atoms with Gasteiger partial charge in [0.15, 0.2) is 0 Å². The summed E-state index contributed by atoms with van der Waals surface area (Å²) in [6.45, 7) is 0.412. The van der Waals surface area contributed by atoms with E-state index >= 15 is 0 Å². The van der Waals surface area contributed by atoms with Gasteiger partial charge in [0, 0.05) is 26.1 Å². The van der Waals surface area contributed by atoms with E-state index in [1.165, 1.54) is 0 Å². The van der Waals surface area contributed by atoms with Gasteiger partial charge in [-0.05, 0) is 25.3 Å². The van der Waals surface area contributed by atoms with Crippen molar-refractivity contribution in [3.05, 3.63) is 18.5 Å². The van der Waals surface area contributed by atoms with E-state index in [-0.39, 0.29) is 30.8 Å². The number of aliphatic hydroxyl groups is 1. The minimum absolute atomic E-state index is 0.0652. The van der Waals surface area contributed by atoms with E-state index in [2.05, 4.69) is 15.7 Å². The normalized spacial score (nSPS) is 23.0. The predicted molar refractivity (Wildman–Crippen MR) is 82.6 cm³/mol. The number of amides is 2. The fourth-order valence-electron chi connectivity index (χ4n) is 2.94. The monoisotopic (exact) mass is 310 g/mol. The van der Waals surface area contributed by atoms with Gasteiger partial charge in [-0.25, -0.2) is 4.79 Å². The lowest BCUT2D eigenvalue weighted by atomic mass is 9.90. The lowest BCUT2D eigenvalue weighted by Crippen LogP contribution is -2.51. The molecule has 0 radical (unpaired) electrons. The van der Waals surface area contributed by atoms with E-state index in [0.717, 1.165) is 25.7 Å². The lowest BCUT2D eigenvalue weighted by Gasteiger charge is -2.32. The third-order valence-corrected chi connectivity index (χ3v) is 4.14. The van der Waals surface area contributed by atoms with Gasteiger partial charge in [-0.2, -0.15) is 5.10 Å².